The van der Waals surface area contributed by atoms with Crippen LogP contribution in [0.5, 0.6) is 0 Å². The van der Waals surface area contributed by atoms with E-state index in [0.29, 0.717) is 0 Å². The Hall–Kier alpha value is -1.56. The second-order valence-electron chi connectivity index (χ2n) is 7.14. The summed E-state index contributed by atoms with van der Waals surface area (Å²) in [6.07, 6.45) is 0.228. The van der Waals surface area contributed by atoms with E-state index in [0.717, 1.165) is 28.2 Å². The number of thiophene rings is 2. The zero-order valence-electron chi connectivity index (χ0n) is 15.9. The van der Waals surface area contributed by atoms with Gasteiger partial charge in [-0.15, -0.1) is 22.7 Å². The minimum Gasteiger partial charge on any atom is -0.206 e. The Bertz CT molecular complexity index is 1120. The Kier molecular flexibility index (Phi) is 6.61. The average Bonchev–Trinajstić information content (AvgIpc) is 3.35. The second kappa shape index (κ2) is 8.66. The number of benzene rings is 1. The Morgan fingerprint density at radius 3 is 1.90 bits per heavy atom. The van der Waals surface area contributed by atoms with Gasteiger partial charge >= 0.3 is 0 Å². The third-order valence-electron chi connectivity index (χ3n) is 4.14. The molecule has 0 aliphatic rings. The van der Waals surface area contributed by atoms with Crippen LogP contribution in [0.15, 0.2) is 73.8 Å². The van der Waals surface area contributed by atoms with E-state index in [-0.39, 0.29) is 14.8 Å². The quantitative estimate of drug-likeness (QED) is 0.495. The monoisotopic (exact) mass is 470 g/mol. The molecule has 0 spiro atoms. The highest BCUT2D eigenvalue weighted by atomic mass is 32.3. The molecule has 1 aromatic carbocycles. The van der Waals surface area contributed by atoms with Crippen molar-refractivity contribution in [2.75, 3.05) is 0 Å². The first kappa shape index (κ1) is 22.1. The van der Waals surface area contributed by atoms with Gasteiger partial charge in [0.15, 0.2) is 0 Å². The summed E-state index contributed by atoms with van der Waals surface area (Å²) in [5.74, 6) is 0. The van der Waals surface area contributed by atoms with E-state index in [1.807, 2.05) is 30.3 Å². The first-order valence-corrected chi connectivity index (χ1v) is 13.5. The molecule has 3 rings (SSSR count). The lowest BCUT2D eigenvalue weighted by atomic mass is 9.93. The minimum atomic E-state index is -3.73. The van der Waals surface area contributed by atoms with E-state index in [4.69, 9.17) is 0 Å². The normalized spacial score (nSPS) is 14.0. The van der Waals surface area contributed by atoms with Crippen molar-refractivity contribution >= 4 is 42.7 Å². The maximum absolute atomic E-state index is 12.8. The Morgan fingerprint density at radius 1 is 0.828 bits per heavy atom. The van der Waals surface area contributed by atoms with Crippen LogP contribution in [-0.4, -0.2) is 22.4 Å². The summed E-state index contributed by atoms with van der Waals surface area (Å²) < 4.78 is 56.8. The van der Waals surface area contributed by atoms with Gasteiger partial charge in [-0.3, -0.25) is 0 Å². The lowest BCUT2D eigenvalue weighted by molar-refractivity contribution is 0.374. The molecule has 1 atom stereocenters. The van der Waals surface area contributed by atoms with E-state index in [1.165, 1.54) is 6.07 Å². The van der Waals surface area contributed by atoms with Crippen LogP contribution in [0, 0.1) is 0 Å². The molecule has 1 unspecified atom stereocenters. The smallest absolute Gasteiger partial charge is 0.206 e. The third-order valence-corrected chi connectivity index (χ3v) is 10.1. The Balaban J connectivity index is 1.87. The van der Waals surface area contributed by atoms with Gasteiger partial charge in [0.1, 0.15) is 8.42 Å². The summed E-state index contributed by atoms with van der Waals surface area (Å²) in [5.41, 5.74) is -0.141. The number of hydrogen-bond donors (Lipinski definition) is 2. The molecule has 10 heteroatoms. The van der Waals surface area contributed by atoms with Crippen LogP contribution in [0.4, 0.5) is 0 Å². The van der Waals surface area contributed by atoms with Crippen LogP contribution in [0.25, 0.3) is 0 Å². The van der Waals surface area contributed by atoms with Crippen molar-refractivity contribution in [1.82, 2.24) is 9.44 Å². The highest BCUT2D eigenvalue weighted by molar-refractivity contribution is 7.92. The standard InChI is InChI=1S/C19H22N2O4S4/c1-19(2,21-29(24,25)18-11-7-13-27-18)14-16(15-8-4-3-5-9-15)20-28(22,23)17-10-6-12-26-17/h3-13,16,20-21H,14H2,1-2H3. The largest absolute Gasteiger partial charge is 0.250 e. The maximum Gasteiger partial charge on any atom is 0.250 e. The van der Waals surface area contributed by atoms with E-state index >= 15 is 0 Å². The molecule has 0 saturated heterocycles. The molecule has 2 heterocycles. The third kappa shape index (κ3) is 5.74. The number of nitrogens with one attached hydrogen (secondary N) is 2. The molecule has 2 N–H and O–H groups in total. The van der Waals surface area contributed by atoms with Crippen molar-refractivity contribution in [3.63, 3.8) is 0 Å². The lowest BCUT2D eigenvalue weighted by Gasteiger charge is -2.31. The van der Waals surface area contributed by atoms with Gasteiger partial charge in [0.25, 0.3) is 20.0 Å². The molecule has 3 aromatic rings. The molecular weight excluding hydrogens is 448 g/mol. The summed E-state index contributed by atoms with van der Waals surface area (Å²) in [6, 6.07) is 15.0. The molecule has 0 bridgehead atoms. The lowest BCUT2D eigenvalue weighted by Crippen LogP contribution is -2.46. The van der Waals surface area contributed by atoms with Crippen molar-refractivity contribution in [3.8, 4) is 0 Å². The van der Waals surface area contributed by atoms with Gasteiger partial charge in [-0.25, -0.2) is 26.3 Å². The van der Waals surface area contributed by atoms with Gasteiger partial charge in [-0.1, -0.05) is 42.5 Å². The fourth-order valence-electron chi connectivity index (χ4n) is 2.96. The van der Waals surface area contributed by atoms with Gasteiger partial charge in [0.2, 0.25) is 0 Å². The van der Waals surface area contributed by atoms with Crippen LogP contribution in [-0.2, 0) is 20.0 Å². The SMILES string of the molecule is CC(C)(CC(NS(=O)(=O)c1cccs1)c1ccccc1)NS(=O)(=O)c1cccs1. The highest BCUT2D eigenvalue weighted by Crippen LogP contribution is 2.29. The zero-order valence-corrected chi connectivity index (χ0v) is 19.2. The molecule has 29 heavy (non-hydrogen) atoms. The van der Waals surface area contributed by atoms with Crippen molar-refractivity contribution in [2.24, 2.45) is 0 Å². The van der Waals surface area contributed by atoms with Crippen LogP contribution in [0.2, 0.25) is 0 Å². The van der Waals surface area contributed by atoms with Gasteiger partial charge in [0.05, 0.1) is 0 Å². The predicted molar refractivity (Wildman–Crippen MR) is 117 cm³/mol. The van der Waals surface area contributed by atoms with Gasteiger partial charge in [-0.05, 0) is 48.7 Å². The highest BCUT2D eigenvalue weighted by Gasteiger charge is 2.32. The van der Waals surface area contributed by atoms with Crippen LogP contribution in [0.1, 0.15) is 31.9 Å². The molecule has 0 aliphatic carbocycles. The summed E-state index contributed by atoms with van der Waals surface area (Å²) in [5, 5.41) is 3.40. The molecule has 0 saturated carbocycles. The summed E-state index contributed by atoms with van der Waals surface area (Å²) in [4.78, 5) is 0. The van der Waals surface area contributed by atoms with Crippen LogP contribution in [0.3, 0.4) is 0 Å². The molecule has 0 aliphatic heterocycles. The maximum atomic E-state index is 12.8. The Morgan fingerprint density at radius 2 is 1.38 bits per heavy atom. The molecule has 2 aromatic heterocycles. The minimum absolute atomic E-state index is 0.218. The first-order chi connectivity index (χ1) is 13.6. The first-order valence-electron chi connectivity index (χ1n) is 8.77. The van der Waals surface area contributed by atoms with Gasteiger partial charge < -0.3 is 0 Å². The van der Waals surface area contributed by atoms with Crippen molar-refractivity contribution < 1.29 is 16.8 Å². The average molecular weight is 471 g/mol. The molecule has 6 nitrogen and oxygen atoms in total. The zero-order chi connectivity index (χ0) is 21.1. The van der Waals surface area contributed by atoms with Crippen LogP contribution >= 0.6 is 22.7 Å². The molecular formula is C19H22N2O4S4. The molecule has 0 fully saturated rings. The Labute approximate surface area is 179 Å². The van der Waals surface area contributed by atoms with E-state index < -0.39 is 31.6 Å². The topological polar surface area (TPSA) is 92.3 Å². The number of sulfonamides is 2. The summed E-state index contributed by atoms with van der Waals surface area (Å²) >= 11 is 2.27. The fourth-order valence-corrected chi connectivity index (χ4v) is 7.61. The van der Waals surface area contributed by atoms with Crippen molar-refractivity contribution in [3.05, 3.63) is 70.9 Å². The second-order valence-corrected chi connectivity index (χ2v) is 12.9. The van der Waals surface area contributed by atoms with Crippen LogP contribution < -0.4 is 9.44 Å². The number of hydrogen-bond acceptors (Lipinski definition) is 6. The van der Waals surface area contributed by atoms with Crippen molar-refractivity contribution in [1.29, 1.82) is 0 Å². The van der Waals surface area contributed by atoms with Gasteiger partial charge in [-0.2, -0.15) is 0 Å². The summed E-state index contributed by atoms with van der Waals surface area (Å²) in [7, 11) is -7.43. The van der Waals surface area contributed by atoms with Gasteiger partial charge in [0, 0.05) is 11.6 Å². The molecule has 0 amide bonds. The molecule has 0 radical (unpaired) electrons. The summed E-state index contributed by atoms with van der Waals surface area (Å²) in [6.45, 7) is 3.49. The fraction of sp³-hybridized carbons (Fsp3) is 0.263. The predicted octanol–water partition coefficient (Wildman–Crippen LogP) is 3.98. The molecule has 156 valence electrons. The van der Waals surface area contributed by atoms with E-state index in [1.54, 1.807) is 42.8 Å². The van der Waals surface area contributed by atoms with Crippen molar-refractivity contribution in [2.45, 2.75) is 40.3 Å². The number of rotatable bonds is 9. The van der Waals surface area contributed by atoms with E-state index in [2.05, 4.69) is 9.44 Å². The van der Waals surface area contributed by atoms with E-state index in [9.17, 15) is 16.8 Å².